The number of aromatic amines is 1. The molecule has 1 aromatic carbocycles. The van der Waals surface area contributed by atoms with Gasteiger partial charge < -0.3 is 9.72 Å². The van der Waals surface area contributed by atoms with E-state index in [2.05, 4.69) is 9.97 Å². The molecule has 0 amide bonds. The third-order valence-electron chi connectivity index (χ3n) is 2.42. The number of Topliss-reactive ketones (excluding diaryl/α,β-unsaturated/α-hetero) is 1. The van der Waals surface area contributed by atoms with E-state index in [0.29, 0.717) is 12.2 Å². The minimum atomic E-state index is 0.0622. The number of carbonyl (C=O) groups excluding carboxylic acids is 1. The highest BCUT2D eigenvalue weighted by Gasteiger charge is 2.00. The average Bonchev–Trinajstić information content (AvgIpc) is 2.83. The van der Waals surface area contributed by atoms with Crippen molar-refractivity contribution in [1.29, 1.82) is 0 Å². The first kappa shape index (κ1) is 11.4. The molecule has 0 fully saturated rings. The van der Waals surface area contributed by atoms with Gasteiger partial charge in [0.2, 0.25) is 0 Å². The highest BCUT2D eigenvalue weighted by Crippen LogP contribution is 2.12. The Morgan fingerprint density at radius 1 is 1.35 bits per heavy atom. The first-order valence-corrected chi connectivity index (χ1v) is 5.48. The lowest BCUT2D eigenvalue weighted by Crippen LogP contribution is -2.02. The molecule has 0 spiro atoms. The van der Waals surface area contributed by atoms with Crippen LogP contribution in [0.1, 0.15) is 23.1 Å². The highest BCUT2D eigenvalue weighted by atomic mass is 16.5. The van der Waals surface area contributed by atoms with Crippen LogP contribution in [0.15, 0.2) is 36.7 Å². The van der Waals surface area contributed by atoms with E-state index in [4.69, 9.17) is 4.74 Å². The van der Waals surface area contributed by atoms with Crippen molar-refractivity contribution in [3.63, 3.8) is 0 Å². The van der Waals surface area contributed by atoms with Gasteiger partial charge in [-0.3, -0.25) is 4.79 Å². The van der Waals surface area contributed by atoms with E-state index in [1.165, 1.54) is 0 Å². The molecule has 0 aliphatic carbocycles. The Morgan fingerprint density at radius 2 is 2.12 bits per heavy atom. The smallest absolute Gasteiger partial charge is 0.159 e. The number of nitrogens with zero attached hydrogens (tertiary/aromatic N) is 1. The second-order valence-corrected chi connectivity index (χ2v) is 3.71. The number of ketones is 1. The largest absolute Gasteiger partial charge is 0.493 e. The summed E-state index contributed by atoms with van der Waals surface area (Å²) >= 11 is 0. The zero-order valence-corrected chi connectivity index (χ0v) is 9.64. The molecule has 0 aliphatic rings. The maximum absolute atomic E-state index is 11.1. The number of ether oxygens (including phenoxy) is 1. The minimum absolute atomic E-state index is 0.0622. The number of imidazole rings is 1. The van der Waals surface area contributed by atoms with Crippen LogP contribution in [0.25, 0.3) is 0 Å². The number of nitrogens with one attached hydrogen (secondary N) is 1. The van der Waals surface area contributed by atoms with Gasteiger partial charge in [0.15, 0.2) is 5.78 Å². The van der Waals surface area contributed by atoms with Crippen LogP contribution in [0, 0.1) is 0 Å². The fraction of sp³-hybridized carbons (Fsp3) is 0.231. The fourth-order valence-electron chi connectivity index (χ4n) is 1.49. The van der Waals surface area contributed by atoms with Gasteiger partial charge in [-0.05, 0) is 31.2 Å². The van der Waals surface area contributed by atoms with E-state index in [9.17, 15) is 4.79 Å². The summed E-state index contributed by atoms with van der Waals surface area (Å²) in [5.41, 5.74) is 0.698. The van der Waals surface area contributed by atoms with Crippen LogP contribution >= 0.6 is 0 Å². The number of aromatic nitrogens is 2. The molecular formula is C13H14N2O2. The van der Waals surface area contributed by atoms with E-state index in [1.807, 2.05) is 0 Å². The third-order valence-corrected chi connectivity index (χ3v) is 2.42. The molecule has 0 saturated heterocycles. The van der Waals surface area contributed by atoms with Gasteiger partial charge in [-0.15, -0.1) is 0 Å². The average molecular weight is 230 g/mol. The summed E-state index contributed by atoms with van der Waals surface area (Å²) < 4.78 is 5.54. The minimum Gasteiger partial charge on any atom is -0.493 e. The van der Waals surface area contributed by atoms with Crippen molar-refractivity contribution in [3.8, 4) is 5.75 Å². The summed E-state index contributed by atoms with van der Waals surface area (Å²) in [7, 11) is 0. The summed E-state index contributed by atoms with van der Waals surface area (Å²) in [5.74, 6) is 1.74. The molecule has 4 nitrogen and oxygen atoms in total. The first-order valence-electron chi connectivity index (χ1n) is 5.48. The SMILES string of the molecule is CC(=O)c1ccc(OCCc2ncc[nH]2)cc1. The molecule has 0 unspecified atom stereocenters. The summed E-state index contributed by atoms with van der Waals surface area (Å²) in [6.45, 7) is 2.11. The van der Waals surface area contributed by atoms with Crippen molar-refractivity contribution < 1.29 is 9.53 Å². The Hall–Kier alpha value is -2.10. The lowest BCUT2D eigenvalue weighted by Gasteiger charge is -2.05. The standard InChI is InChI=1S/C13H14N2O2/c1-10(16)11-2-4-12(5-3-11)17-9-6-13-14-7-8-15-13/h2-5,7-8H,6,9H2,1H3,(H,14,15). The second kappa shape index (κ2) is 5.30. The van der Waals surface area contributed by atoms with Crippen molar-refractivity contribution in [2.24, 2.45) is 0 Å². The lowest BCUT2D eigenvalue weighted by atomic mass is 10.1. The van der Waals surface area contributed by atoms with E-state index in [0.717, 1.165) is 18.0 Å². The van der Waals surface area contributed by atoms with E-state index >= 15 is 0 Å². The van der Waals surface area contributed by atoms with Gasteiger partial charge in [0.1, 0.15) is 11.6 Å². The summed E-state index contributed by atoms with van der Waals surface area (Å²) in [6.07, 6.45) is 4.25. The van der Waals surface area contributed by atoms with E-state index < -0.39 is 0 Å². The second-order valence-electron chi connectivity index (χ2n) is 3.71. The van der Waals surface area contributed by atoms with Gasteiger partial charge in [-0.1, -0.05) is 0 Å². The number of H-pyrrole nitrogens is 1. The molecule has 1 heterocycles. The molecule has 1 aromatic heterocycles. The van der Waals surface area contributed by atoms with Crippen molar-refractivity contribution in [2.75, 3.05) is 6.61 Å². The monoisotopic (exact) mass is 230 g/mol. The summed E-state index contributed by atoms with van der Waals surface area (Å²) in [6, 6.07) is 7.15. The van der Waals surface area contributed by atoms with Crippen molar-refractivity contribution in [3.05, 3.63) is 48.0 Å². The van der Waals surface area contributed by atoms with Crippen molar-refractivity contribution >= 4 is 5.78 Å². The highest BCUT2D eigenvalue weighted by molar-refractivity contribution is 5.94. The van der Waals surface area contributed by atoms with E-state index in [1.54, 1.807) is 43.6 Å². The predicted molar refractivity (Wildman–Crippen MR) is 64.2 cm³/mol. The number of carbonyl (C=O) groups is 1. The van der Waals surface area contributed by atoms with Gasteiger partial charge in [-0.2, -0.15) is 0 Å². The van der Waals surface area contributed by atoms with Gasteiger partial charge in [0.05, 0.1) is 6.61 Å². The van der Waals surface area contributed by atoms with Gasteiger partial charge in [0.25, 0.3) is 0 Å². The maximum Gasteiger partial charge on any atom is 0.159 e. The van der Waals surface area contributed by atoms with Crippen LogP contribution in [0.4, 0.5) is 0 Å². The molecule has 2 aromatic rings. The van der Waals surface area contributed by atoms with Gasteiger partial charge in [-0.25, -0.2) is 4.98 Å². The van der Waals surface area contributed by atoms with Crippen LogP contribution in [-0.4, -0.2) is 22.4 Å². The maximum atomic E-state index is 11.1. The number of benzene rings is 1. The Labute approximate surface area is 99.7 Å². The first-order chi connectivity index (χ1) is 8.25. The normalized spacial score (nSPS) is 10.2. The molecule has 0 saturated carbocycles. The van der Waals surface area contributed by atoms with Crippen LogP contribution in [0.2, 0.25) is 0 Å². The van der Waals surface area contributed by atoms with Crippen molar-refractivity contribution in [1.82, 2.24) is 9.97 Å². The van der Waals surface area contributed by atoms with E-state index in [-0.39, 0.29) is 5.78 Å². The molecule has 0 atom stereocenters. The van der Waals surface area contributed by atoms with Gasteiger partial charge in [0, 0.05) is 24.4 Å². The van der Waals surface area contributed by atoms with Crippen LogP contribution < -0.4 is 4.74 Å². The number of hydrogen-bond donors (Lipinski definition) is 1. The Kier molecular flexibility index (Phi) is 3.55. The lowest BCUT2D eigenvalue weighted by molar-refractivity contribution is 0.101. The molecule has 0 aliphatic heterocycles. The Bertz CT molecular complexity index is 475. The summed E-state index contributed by atoms with van der Waals surface area (Å²) in [5, 5.41) is 0. The van der Waals surface area contributed by atoms with Crippen LogP contribution in [-0.2, 0) is 6.42 Å². The summed E-state index contributed by atoms with van der Waals surface area (Å²) in [4.78, 5) is 18.2. The quantitative estimate of drug-likeness (QED) is 0.801. The molecule has 2 rings (SSSR count). The molecule has 1 N–H and O–H groups in total. The van der Waals surface area contributed by atoms with Gasteiger partial charge >= 0.3 is 0 Å². The van der Waals surface area contributed by atoms with Crippen LogP contribution in [0.3, 0.4) is 0 Å². The molecule has 0 bridgehead atoms. The number of hydrogen-bond acceptors (Lipinski definition) is 3. The fourth-order valence-corrected chi connectivity index (χ4v) is 1.49. The Balaban J connectivity index is 1.85. The zero-order chi connectivity index (χ0) is 12.1. The molecule has 88 valence electrons. The van der Waals surface area contributed by atoms with Crippen LogP contribution in [0.5, 0.6) is 5.75 Å². The third kappa shape index (κ3) is 3.17. The Morgan fingerprint density at radius 3 is 2.71 bits per heavy atom. The number of rotatable bonds is 5. The predicted octanol–water partition coefficient (Wildman–Crippen LogP) is 2.23. The molecule has 4 heteroatoms. The zero-order valence-electron chi connectivity index (χ0n) is 9.64. The molecule has 0 radical (unpaired) electrons. The molecule has 17 heavy (non-hydrogen) atoms. The topological polar surface area (TPSA) is 55.0 Å². The molecular weight excluding hydrogens is 216 g/mol. The van der Waals surface area contributed by atoms with Crippen molar-refractivity contribution in [2.45, 2.75) is 13.3 Å².